The zero-order chi connectivity index (χ0) is 12.7. The van der Waals surface area contributed by atoms with Crippen molar-refractivity contribution in [3.8, 4) is 0 Å². The molecule has 0 saturated carbocycles. The van der Waals surface area contributed by atoms with Gasteiger partial charge in [0.1, 0.15) is 5.82 Å². The van der Waals surface area contributed by atoms with Crippen molar-refractivity contribution >= 4 is 0 Å². The van der Waals surface area contributed by atoms with Crippen molar-refractivity contribution in [2.75, 3.05) is 19.8 Å². The third kappa shape index (κ3) is 4.84. The van der Waals surface area contributed by atoms with E-state index in [-0.39, 0.29) is 11.9 Å². The van der Waals surface area contributed by atoms with E-state index < -0.39 is 0 Å². The number of ether oxygens (including phenoxy) is 1. The van der Waals surface area contributed by atoms with Crippen molar-refractivity contribution in [3.63, 3.8) is 0 Å². The predicted molar refractivity (Wildman–Crippen MR) is 68.5 cm³/mol. The lowest BCUT2D eigenvalue weighted by Crippen LogP contribution is -2.26. The molecule has 0 heterocycles. The summed E-state index contributed by atoms with van der Waals surface area (Å²) >= 11 is 0. The molecule has 0 radical (unpaired) electrons. The molecule has 0 aliphatic rings. The Morgan fingerprint density at radius 3 is 2.53 bits per heavy atom. The fourth-order valence-corrected chi connectivity index (χ4v) is 1.68. The minimum atomic E-state index is -0.174. The number of rotatable bonds is 7. The summed E-state index contributed by atoms with van der Waals surface area (Å²) in [6.45, 7) is 8.22. The van der Waals surface area contributed by atoms with Gasteiger partial charge in [0, 0.05) is 12.2 Å². The molecule has 0 fully saturated rings. The molecule has 0 spiro atoms. The van der Waals surface area contributed by atoms with Gasteiger partial charge in [0.15, 0.2) is 0 Å². The van der Waals surface area contributed by atoms with Crippen molar-refractivity contribution in [3.05, 3.63) is 35.6 Å². The topological polar surface area (TPSA) is 21.3 Å². The average molecular weight is 239 g/mol. The van der Waals surface area contributed by atoms with Gasteiger partial charge < -0.3 is 10.1 Å². The number of likely N-dealkylation sites (N-methyl/N-ethyl adjacent to an activating group) is 1. The highest BCUT2D eigenvalue weighted by Gasteiger charge is 2.14. The van der Waals surface area contributed by atoms with Crippen LogP contribution in [0.2, 0.25) is 0 Å². The van der Waals surface area contributed by atoms with Gasteiger partial charge in [0.05, 0.1) is 12.6 Å². The maximum absolute atomic E-state index is 13.7. The van der Waals surface area contributed by atoms with Crippen LogP contribution in [-0.4, -0.2) is 19.8 Å². The van der Waals surface area contributed by atoms with Crippen LogP contribution in [0, 0.1) is 11.7 Å². The van der Waals surface area contributed by atoms with E-state index in [9.17, 15) is 4.39 Å². The number of hydrogen-bond acceptors (Lipinski definition) is 2. The van der Waals surface area contributed by atoms with E-state index in [1.165, 1.54) is 6.07 Å². The van der Waals surface area contributed by atoms with Crippen LogP contribution in [0.4, 0.5) is 4.39 Å². The Bertz CT molecular complexity index is 328. The van der Waals surface area contributed by atoms with Gasteiger partial charge in [-0.05, 0) is 18.5 Å². The number of hydrogen-bond donors (Lipinski definition) is 1. The Labute approximate surface area is 103 Å². The van der Waals surface area contributed by atoms with E-state index in [2.05, 4.69) is 19.2 Å². The molecule has 96 valence electrons. The van der Waals surface area contributed by atoms with Crippen LogP contribution >= 0.6 is 0 Å². The molecular formula is C14H22FNO. The molecule has 0 bridgehead atoms. The fraction of sp³-hybridized carbons (Fsp3) is 0.571. The van der Waals surface area contributed by atoms with E-state index in [0.717, 1.165) is 6.54 Å². The molecule has 1 aromatic rings. The number of halogens is 1. The van der Waals surface area contributed by atoms with Gasteiger partial charge in [-0.1, -0.05) is 39.0 Å². The van der Waals surface area contributed by atoms with E-state index >= 15 is 0 Å². The minimum absolute atomic E-state index is 0.0695. The van der Waals surface area contributed by atoms with Gasteiger partial charge in [0.2, 0.25) is 0 Å². The summed E-state index contributed by atoms with van der Waals surface area (Å²) in [6.07, 6.45) is 0. The highest BCUT2D eigenvalue weighted by molar-refractivity contribution is 5.21. The molecule has 0 aromatic heterocycles. The number of benzene rings is 1. The first-order chi connectivity index (χ1) is 8.15. The van der Waals surface area contributed by atoms with E-state index in [4.69, 9.17) is 4.74 Å². The van der Waals surface area contributed by atoms with Crippen molar-refractivity contribution in [1.29, 1.82) is 0 Å². The molecule has 17 heavy (non-hydrogen) atoms. The molecule has 3 heteroatoms. The first-order valence-corrected chi connectivity index (χ1v) is 6.20. The third-order valence-corrected chi connectivity index (χ3v) is 2.47. The van der Waals surface area contributed by atoms with Gasteiger partial charge in [-0.15, -0.1) is 0 Å². The van der Waals surface area contributed by atoms with Crippen LogP contribution in [-0.2, 0) is 4.74 Å². The van der Waals surface area contributed by atoms with Gasteiger partial charge in [0.25, 0.3) is 0 Å². The Morgan fingerprint density at radius 2 is 1.94 bits per heavy atom. The van der Waals surface area contributed by atoms with Crippen molar-refractivity contribution in [2.24, 2.45) is 5.92 Å². The van der Waals surface area contributed by atoms with Gasteiger partial charge >= 0.3 is 0 Å². The monoisotopic (exact) mass is 239 g/mol. The molecule has 2 nitrogen and oxygen atoms in total. The van der Waals surface area contributed by atoms with Crippen molar-refractivity contribution in [1.82, 2.24) is 5.32 Å². The second-order valence-electron chi connectivity index (χ2n) is 4.56. The lowest BCUT2D eigenvalue weighted by Gasteiger charge is -2.19. The maximum Gasteiger partial charge on any atom is 0.128 e. The largest absolute Gasteiger partial charge is 0.379 e. The second-order valence-corrected chi connectivity index (χ2v) is 4.56. The molecule has 0 saturated heterocycles. The van der Waals surface area contributed by atoms with Crippen LogP contribution in [0.25, 0.3) is 0 Å². The highest BCUT2D eigenvalue weighted by atomic mass is 19.1. The SMILES string of the molecule is CCNC(COCC(C)C)c1ccccc1F. The van der Waals surface area contributed by atoms with Crippen molar-refractivity contribution in [2.45, 2.75) is 26.8 Å². The van der Waals surface area contributed by atoms with Crippen LogP contribution in [0.5, 0.6) is 0 Å². The summed E-state index contributed by atoms with van der Waals surface area (Å²) < 4.78 is 19.2. The molecule has 1 N–H and O–H groups in total. The summed E-state index contributed by atoms with van der Waals surface area (Å²) in [5.41, 5.74) is 0.679. The first-order valence-electron chi connectivity index (χ1n) is 6.20. The summed E-state index contributed by atoms with van der Waals surface area (Å²) in [7, 11) is 0. The van der Waals surface area contributed by atoms with Gasteiger partial charge in [-0.2, -0.15) is 0 Å². The summed E-state index contributed by atoms with van der Waals surface area (Å²) in [4.78, 5) is 0. The summed E-state index contributed by atoms with van der Waals surface area (Å²) in [6, 6.07) is 6.78. The van der Waals surface area contributed by atoms with Gasteiger partial charge in [-0.3, -0.25) is 0 Å². The molecule has 1 aromatic carbocycles. The van der Waals surface area contributed by atoms with E-state index in [1.807, 2.05) is 13.0 Å². The van der Waals surface area contributed by atoms with Crippen LogP contribution < -0.4 is 5.32 Å². The van der Waals surface area contributed by atoms with Crippen molar-refractivity contribution < 1.29 is 9.13 Å². The van der Waals surface area contributed by atoms with Gasteiger partial charge in [-0.25, -0.2) is 4.39 Å². The quantitative estimate of drug-likeness (QED) is 0.789. The predicted octanol–water partition coefficient (Wildman–Crippen LogP) is 3.15. The summed E-state index contributed by atoms with van der Waals surface area (Å²) in [5.74, 6) is 0.324. The second kappa shape index (κ2) is 7.41. The third-order valence-electron chi connectivity index (χ3n) is 2.47. The number of nitrogens with one attached hydrogen (secondary N) is 1. The zero-order valence-corrected chi connectivity index (χ0v) is 10.9. The van der Waals surface area contributed by atoms with Crippen LogP contribution in [0.3, 0.4) is 0 Å². The normalized spacial score (nSPS) is 13.0. The lowest BCUT2D eigenvalue weighted by atomic mass is 10.1. The smallest absolute Gasteiger partial charge is 0.128 e. The molecule has 0 amide bonds. The minimum Gasteiger partial charge on any atom is -0.379 e. The Morgan fingerprint density at radius 1 is 1.24 bits per heavy atom. The Balaban J connectivity index is 2.62. The molecule has 0 aliphatic heterocycles. The Kier molecular flexibility index (Phi) is 6.16. The lowest BCUT2D eigenvalue weighted by molar-refractivity contribution is 0.0897. The first kappa shape index (κ1) is 14.1. The maximum atomic E-state index is 13.7. The Hall–Kier alpha value is -0.930. The average Bonchev–Trinajstić information content (AvgIpc) is 2.28. The molecular weight excluding hydrogens is 217 g/mol. The highest BCUT2D eigenvalue weighted by Crippen LogP contribution is 2.17. The molecule has 1 unspecified atom stereocenters. The summed E-state index contributed by atoms with van der Waals surface area (Å²) in [5, 5.41) is 3.25. The van der Waals surface area contributed by atoms with Crippen LogP contribution in [0.1, 0.15) is 32.4 Å². The molecule has 1 rings (SSSR count). The van der Waals surface area contributed by atoms with Crippen LogP contribution in [0.15, 0.2) is 24.3 Å². The van der Waals surface area contributed by atoms with E-state index in [0.29, 0.717) is 24.7 Å². The fourth-order valence-electron chi connectivity index (χ4n) is 1.68. The zero-order valence-electron chi connectivity index (χ0n) is 10.9. The van der Waals surface area contributed by atoms with E-state index in [1.54, 1.807) is 12.1 Å². The molecule has 1 atom stereocenters. The molecule has 0 aliphatic carbocycles. The standard InChI is InChI=1S/C14H22FNO/c1-4-16-14(10-17-9-11(2)3)12-7-5-6-8-13(12)15/h5-8,11,14,16H,4,9-10H2,1-3H3.